The number of alkyl halides is 3. The van der Waals surface area contributed by atoms with Crippen LogP contribution in [0.3, 0.4) is 0 Å². The summed E-state index contributed by atoms with van der Waals surface area (Å²) in [4.78, 5) is 14.9. The minimum atomic E-state index is -4.79. The third-order valence-electron chi connectivity index (χ3n) is 5.11. The van der Waals surface area contributed by atoms with E-state index in [2.05, 4.69) is 10.2 Å². The molecule has 1 N–H and O–H groups in total. The van der Waals surface area contributed by atoms with Crippen LogP contribution >= 0.6 is 11.6 Å². The van der Waals surface area contributed by atoms with Gasteiger partial charge in [0.15, 0.2) is 0 Å². The SMILES string of the molecule is CC(C(=O)Nc1ccc(N2CCOCC2)cc1)N(c1ccc(Cl)c(C(F)(F)F)c1)S(C)(=O)=O. The molecule has 7 nitrogen and oxygen atoms in total. The van der Waals surface area contributed by atoms with Crippen molar-refractivity contribution in [2.75, 3.05) is 47.1 Å². The fourth-order valence-electron chi connectivity index (χ4n) is 3.50. The summed E-state index contributed by atoms with van der Waals surface area (Å²) in [6, 6.07) is 8.33. The number of sulfonamides is 1. The van der Waals surface area contributed by atoms with Crippen LogP contribution in [0.1, 0.15) is 12.5 Å². The number of nitrogens with one attached hydrogen (secondary N) is 1. The molecule has 0 radical (unpaired) electrons. The van der Waals surface area contributed by atoms with Gasteiger partial charge in [0, 0.05) is 24.5 Å². The van der Waals surface area contributed by atoms with Gasteiger partial charge in [-0.25, -0.2) is 8.42 Å². The van der Waals surface area contributed by atoms with Gasteiger partial charge in [-0.1, -0.05) is 11.6 Å². The number of benzene rings is 2. The highest BCUT2D eigenvalue weighted by atomic mass is 35.5. The maximum absolute atomic E-state index is 13.3. The van der Waals surface area contributed by atoms with E-state index in [0.29, 0.717) is 29.3 Å². The van der Waals surface area contributed by atoms with Gasteiger partial charge in [-0.05, 0) is 49.4 Å². The van der Waals surface area contributed by atoms with E-state index in [9.17, 15) is 26.4 Å². The third kappa shape index (κ3) is 6.10. The van der Waals surface area contributed by atoms with E-state index >= 15 is 0 Å². The van der Waals surface area contributed by atoms with Gasteiger partial charge in [0.2, 0.25) is 15.9 Å². The second-order valence-electron chi connectivity index (χ2n) is 7.53. The molecule has 1 amide bonds. The van der Waals surface area contributed by atoms with Crippen LogP contribution in [0.2, 0.25) is 5.02 Å². The summed E-state index contributed by atoms with van der Waals surface area (Å²) in [5.41, 5.74) is -0.145. The molecule has 0 aromatic heterocycles. The summed E-state index contributed by atoms with van der Waals surface area (Å²) >= 11 is 5.64. The van der Waals surface area contributed by atoms with Gasteiger partial charge in [0.1, 0.15) is 6.04 Å². The van der Waals surface area contributed by atoms with Crippen molar-refractivity contribution in [3.63, 3.8) is 0 Å². The predicted molar refractivity (Wildman–Crippen MR) is 121 cm³/mol. The Labute approximate surface area is 195 Å². The Morgan fingerprint density at radius 3 is 2.30 bits per heavy atom. The molecule has 1 aliphatic heterocycles. The van der Waals surface area contributed by atoms with Gasteiger partial charge >= 0.3 is 6.18 Å². The number of ether oxygens (including phenoxy) is 1. The third-order valence-corrected chi connectivity index (χ3v) is 6.68. The van der Waals surface area contributed by atoms with Crippen molar-refractivity contribution >= 4 is 44.6 Å². The number of anilines is 3. The van der Waals surface area contributed by atoms with Gasteiger partial charge in [-0.15, -0.1) is 0 Å². The number of halogens is 4. The zero-order valence-electron chi connectivity index (χ0n) is 17.9. The van der Waals surface area contributed by atoms with Crippen molar-refractivity contribution in [3.8, 4) is 0 Å². The fourth-order valence-corrected chi connectivity index (χ4v) is 4.89. The van der Waals surface area contributed by atoms with Gasteiger partial charge < -0.3 is 15.0 Å². The van der Waals surface area contributed by atoms with Gasteiger partial charge in [0.05, 0.1) is 35.7 Å². The topological polar surface area (TPSA) is 79.0 Å². The molecule has 12 heteroatoms. The number of morpholine rings is 1. The molecular formula is C21H23ClF3N3O4S. The number of carbonyl (C=O) groups is 1. The molecule has 3 rings (SSSR count). The molecule has 1 atom stereocenters. The smallest absolute Gasteiger partial charge is 0.378 e. The molecule has 1 unspecified atom stereocenters. The molecule has 0 aliphatic carbocycles. The van der Waals surface area contributed by atoms with E-state index in [1.807, 2.05) is 12.1 Å². The lowest BCUT2D eigenvalue weighted by Gasteiger charge is -2.29. The van der Waals surface area contributed by atoms with E-state index in [4.69, 9.17) is 16.3 Å². The van der Waals surface area contributed by atoms with Crippen LogP contribution in [0.4, 0.5) is 30.2 Å². The summed E-state index contributed by atoms with van der Waals surface area (Å²) < 4.78 is 70.6. The van der Waals surface area contributed by atoms with Crippen molar-refractivity contribution in [1.29, 1.82) is 0 Å². The summed E-state index contributed by atoms with van der Waals surface area (Å²) in [5, 5.41) is 2.04. The Balaban J connectivity index is 1.81. The van der Waals surface area contributed by atoms with Crippen molar-refractivity contribution in [2.45, 2.75) is 19.1 Å². The van der Waals surface area contributed by atoms with E-state index in [1.165, 1.54) is 6.92 Å². The zero-order valence-corrected chi connectivity index (χ0v) is 19.5. The Kier molecular flexibility index (Phi) is 7.45. The number of amides is 1. The van der Waals surface area contributed by atoms with Gasteiger partial charge in [-0.3, -0.25) is 9.10 Å². The van der Waals surface area contributed by atoms with Crippen molar-refractivity contribution in [3.05, 3.63) is 53.1 Å². The summed E-state index contributed by atoms with van der Waals surface area (Å²) in [6.07, 6.45) is -3.97. The lowest BCUT2D eigenvalue weighted by molar-refractivity contribution is -0.137. The monoisotopic (exact) mass is 505 g/mol. The summed E-state index contributed by atoms with van der Waals surface area (Å²) in [5.74, 6) is -0.706. The Morgan fingerprint density at radius 1 is 1.15 bits per heavy atom. The zero-order chi connectivity index (χ0) is 24.4. The average molecular weight is 506 g/mol. The van der Waals surface area contributed by atoms with Crippen molar-refractivity contribution in [2.24, 2.45) is 0 Å². The number of carbonyl (C=O) groups excluding carboxylic acids is 1. The predicted octanol–water partition coefficient (Wildman–Crippen LogP) is 3.99. The van der Waals surface area contributed by atoms with Crippen LogP contribution in [0, 0.1) is 0 Å². The number of rotatable bonds is 6. The quantitative estimate of drug-likeness (QED) is 0.642. The Hall–Kier alpha value is -2.50. The number of hydrogen-bond acceptors (Lipinski definition) is 5. The highest BCUT2D eigenvalue weighted by Gasteiger charge is 2.36. The molecule has 0 saturated carbocycles. The summed E-state index contributed by atoms with van der Waals surface area (Å²) in [7, 11) is -4.11. The average Bonchev–Trinajstić information content (AvgIpc) is 2.74. The number of hydrogen-bond donors (Lipinski definition) is 1. The van der Waals surface area contributed by atoms with E-state index in [0.717, 1.165) is 37.2 Å². The van der Waals surface area contributed by atoms with Crippen LogP contribution in [0.5, 0.6) is 0 Å². The largest absolute Gasteiger partial charge is 0.417 e. The minimum absolute atomic E-state index is 0.320. The van der Waals surface area contributed by atoms with Crippen molar-refractivity contribution in [1.82, 2.24) is 0 Å². The van der Waals surface area contributed by atoms with Crippen LogP contribution in [0.15, 0.2) is 42.5 Å². The molecule has 2 aromatic rings. The van der Waals surface area contributed by atoms with Crippen LogP contribution in [-0.4, -0.2) is 52.9 Å². The molecule has 2 aromatic carbocycles. The molecule has 0 spiro atoms. The maximum Gasteiger partial charge on any atom is 0.417 e. The Bertz CT molecular complexity index is 1100. The first-order valence-corrected chi connectivity index (χ1v) is 12.2. The first kappa shape index (κ1) is 25.1. The van der Waals surface area contributed by atoms with Crippen LogP contribution in [-0.2, 0) is 25.7 Å². The standard InChI is InChI=1S/C21H23ClF3N3O4S/c1-14(20(29)26-15-3-5-16(6-4-15)27-9-11-32-12-10-27)28(33(2,30)31)17-7-8-19(22)18(13-17)21(23,24)25/h3-8,13-14H,9-12H2,1-2H3,(H,26,29). The van der Waals surface area contributed by atoms with Gasteiger partial charge in [0.25, 0.3) is 0 Å². The molecule has 180 valence electrons. The van der Waals surface area contributed by atoms with Crippen LogP contribution < -0.4 is 14.5 Å². The molecule has 1 saturated heterocycles. The molecular weight excluding hydrogens is 483 g/mol. The molecule has 0 bridgehead atoms. The molecule has 1 aliphatic rings. The molecule has 33 heavy (non-hydrogen) atoms. The molecule has 1 fully saturated rings. The van der Waals surface area contributed by atoms with Crippen LogP contribution in [0.25, 0.3) is 0 Å². The maximum atomic E-state index is 13.3. The first-order chi connectivity index (χ1) is 15.4. The number of nitrogens with zero attached hydrogens (tertiary/aromatic N) is 2. The van der Waals surface area contributed by atoms with E-state index in [1.54, 1.807) is 12.1 Å². The van der Waals surface area contributed by atoms with E-state index in [-0.39, 0.29) is 5.69 Å². The Morgan fingerprint density at radius 2 is 1.76 bits per heavy atom. The minimum Gasteiger partial charge on any atom is -0.378 e. The highest BCUT2D eigenvalue weighted by molar-refractivity contribution is 7.92. The van der Waals surface area contributed by atoms with Crippen molar-refractivity contribution < 1.29 is 31.1 Å². The van der Waals surface area contributed by atoms with Gasteiger partial charge in [-0.2, -0.15) is 13.2 Å². The summed E-state index contributed by atoms with van der Waals surface area (Å²) in [6.45, 7) is 4.02. The second-order valence-corrected chi connectivity index (χ2v) is 9.80. The van der Waals surface area contributed by atoms with E-state index < -0.39 is 38.7 Å². The lowest BCUT2D eigenvalue weighted by Crippen LogP contribution is -2.45. The fraction of sp³-hybridized carbons (Fsp3) is 0.381. The lowest BCUT2D eigenvalue weighted by atomic mass is 10.1. The normalized spacial score (nSPS) is 15.8. The second kappa shape index (κ2) is 9.78. The molecule has 1 heterocycles. The highest BCUT2D eigenvalue weighted by Crippen LogP contribution is 2.37. The first-order valence-electron chi connectivity index (χ1n) is 9.97.